The van der Waals surface area contributed by atoms with Crippen molar-refractivity contribution in [3.8, 4) is 0 Å². The molecule has 0 bridgehead atoms. The maximum atomic E-state index is 5.97. The monoisotopic (exact) mass is 250 g/mol. The first-order valence-corrected chi connectivity index (χ1v) is 7.38. The summed E-state index contributed by atoms with van der Waals surface area (Å²) in [5, 5.41) is 0.725. The van der Waals surface area contributed by atoms with Gasteiger partial charge in [0.15, 0.2) is 0 Å². The van der Waals surface area contributed by atoms with E-state index in [1.54, 1.807) is 0 Å². The zero-order valence-corrected chi connectivity index (χ0v) is 11.5. The summed E-state index contributed by atoms with van der Waals surface area (Å²) in [7, 11) is 0. The maximum absolute atomic E-state index is 5.97. The highest BCUT2D eigenvalue weighted by molar-refractivity contribution is 7.99. The molecule has 1 saturated heterocycles. The largest absolute Gasteiger partial charge is 0.329 e. The first-order valence-electron chi connectivity index (χ1n) is 6.33. The van der Waals surface area contributed by atoms with Gasteiger partial charge in [-0.2, -0.15) is 11.8 Å². The Morgan fingerprint density at radius 3 is 2.71 bits per heavy atom. The lowest BCUT2D eigenvalue weighted by molar-refractivity contribution is 0.211. The van der Waals surface area contributed by atoms with E-state index in [1.165, 1.54) is 16.9 Å². The van der Waals surface area contributed by atoms with Crippen molar-refractivity contribution in [2.45, 2.75) is 25.1 Å². The number of rotatable bonds is 3. The second-order valence-electron chi connectivity index (χ2n) is 4.84. The molecule has 0 aromatic heterocycles. The van der Waals surface area contributed by atoms with Crippen LogP contribution in [0, 0.1) is 6.92 Å². The highest BCUT2D eigenvalue weighted by atomic mass is 32.2. The highest BCUT2D eigenvalue weighted by Crippen LogP contribution is 2.26. The average molecular weight is 250 g/mol. The molecule has 1 aliphatic heterocycles. The Balaban J connectivity index is 2.12. The lowest BCUT2D eigenvalue weighted by atomic mass is 10.0. The van der Waals surface area contributed by atoms with Crippen molar-refractivity contribution in [2.24, 2.45) is 5.73 Å². The average Bonchev–Trinajstić information content (AvgIpc) is 2.33. The molecular weight excluding hydrogens is 228 g/mol. The van der Waals surface area contributed by atoms with Gasteiger partial charge in [0, 0.05) is 36.7 Å². The molecule has 0 radical (unpaired) electrons. The fourth-order valence-electron chi connectivity index (χ4n) is 2.41. The summed E-state index contributed by atoms with van der Waals surface area (Å²) in [5.74, 6) is 1.23. The van der Waals surface area contributed by atoms with Crippen molar-refractivity contribution in [1.82, 2.24) is 4.90 Å². The van der Waals surface area contributed by atoms with E-state index in [0.29, 0.717) is 12.6 Å². The molecule has 94 valence electrons. The predicted octanol–water partition coefficient (Wildman–Crippen LogP) is 2.43. The van der Waals surface area contributed by atoms with Crippen molar-refractivity contribution in [3.05, 3.63) is 35.4 Å². The maximum Gasteiger partial charge on any atom is 0.0471 e. The third-order valence-corrected chi connectivity index (χ3v) is 4.54. The van der Waals surface area contributed by atoms with Gasteiger partial charge >= 0.3 is 0 Å². The number of aryl methyl sites for hydroxylation is 1. The van der Waals surface area contributed by atoms with Crippen molar-refractivity contribution >= 4 is 11.8 Å². The summed E-state index contributed by atoms with van der Waals surface area (Å²) in [5.41, 5.74) is 8.64. The first-order chi connectivity index (χ1) is 8.20. The van der Waals surface area contributed by atoms with E-state index in [0.717, 1.165) is 18.3 Å². The Hall–Kier alpha value is -0.510. The van der Waals surface area contributed by atoms with Crippen molar-refractivity contribution < 1.29 is 0 Å². The van der Waals surface area contributed by atoms with E-state index >= 15 is 0 Å². The summed E-state index contributed by atoms with van der Waals surface area (Å²) in [4.78, 5) is 2.53. The molecule has 2 nitrogen and oxygen atoms in total. The van der Waals surface area contributed by atoms with E-state index in [2.05, 4.69) is 54.8 Å². The molecule has 1 aromatic rings. The zero-order chi connectivity index (χ0) is 12.3. The molecule has 17 heavy (non-hydrogen) atoms. The molecule has 0 amide bonds. The molecule has 0 saturated carbocycles. The van der Waals surface area contributed by atoms with Crippen LogP contribution in [-0.2, 0) is 0 Å². The van der Waals surface area contributed by atoms with Crippen LogP contribution in [0.4, 0.5) is 0 Å². The standard InChI is InChI=1S/C14H22N2S/c1-11-3-5-13(6-4-11)14(9-15)16-7-8-17-12(2)10-16/h3-6,12,14H,7-10,15H2,1-2H3. The highest BCUT2D eigenvalue weighted by Gasteiger charge is 2.24. The van der Waals surface area contributed by atoms with E-state index in [4.69, 9.17) is 5.73 Å². The van der Waals surface area contributed by atoms with Crippen LogP contribution in [0.1, 0.15) is 24.1 Å². The number of benzene rings is 1. The van der Waals surface area contributed by atoms with Gasteiger partial charge in [0.2, 0.25) is 0 Å². The van der Waals surface area contributed by atoms with Crippen LogP contribution in [-0.4, -0.2) is 35.5 Å². The van der Waals surface area contributed by atoms with Crippen molar-refractivity contribution in [3.63, 3.8) is 0 Å². The van der Waals surface area contributed by atoms with Crippen LogP contribution in [0.2, 0.25) is 0 Å². The quantitative estimate of drug-likeness (QED) is 0.893. The smallest absolute Gasteiger partial charge is 0.0471 e. The Morgan fingerprint density at radius 1 is 1.41 bits per heavy atom. The van der Waals surface area contributed by atoms with Crippen LogP contribution in [0.3, 0.4) is 0 Å². The SMILES string of the molecule is Cc1ccc(C(CN)N2CCSC(C)C2)cc1. The molecule has 0 spiro atoms. The Labute approximate surface area is 109 Å². The van der Waals surface area contributed by atoms with Crippen LogP contribution in [0.5, 0.6) is 0 Å². The van der Waals surface area contributed by atoms with E-state index < -0.39 is 0 Å². The normalized spacial score (nSPS) is 23.6. The van der Waals surface area contributed by atoms with Gasteiger partial charge < -0.3 is 5.73 Å². The third kappa shape index (κ3) is 3.24. The Bertz CT molecular complexity index is 350. The lowest BCUT2D eigenvalue weighted by Crippen LogP contribution is -2.42. The molecule has 2 atom stereocenters. The van der Waals surface area contributed by atoms with Crippen LogP contribution < -0.4 is 5.73 Å². The predicted molar refractivity (Wildman–Crippen MR) is 76.5 cm³/mol. The number of nitrogens with two attached hydrogens (primary N) is 1. The Morgan fingerprint density at radius 2 is 2.12 bits per heavy atom. The van der Waals surface area contributed by atoms with Crippen molar-refractivity contribution in [1.29, 1.82) is 0 Å². The summed E-state index contributed by atoms with van der Waals surface area (Å²) < 4.78 is 0. The summed E-state index contributed by atoms with van der Waals surface area (Å²) >= 11 is 2.06. The molecule has 0 aliphatic carbocycles. The fourth-order valence-corrected chi connectivity index (χ4v) is 3.45. The second kappa shape index (κ2) is 5.89. The molecule has 2 unspecified atom stereocenters. The number of nitrogens with zero attached hydrogens (tertiary/aromatic N) is 1. The minimum Gasteiger partial charge on any atom is -0.329 e. The second-order valence-corrected chi connectivity index (χ2v) is 6.38. The van der Waals surface area contributed by atoms with Gasteiger partial charge in [0.05, 0.1) is 0 Å². The summed E-state index contributed by atoms with van der Waals surface area (Å²) in [6.07, 6.45) is 0. The van der Waals surface area contributed by atoms with Gasteiger partial charge in [-0.1, -0.05) is 36.8 Å². The minimum atomic E-state index is 0.388. The fraction of sp³-hybridized carbons (Fsp3) is 0.571. The first kappa shape index (κ1) is 12.9. The third-order valence-electron chi connectivity index (χ3n) is 3.40. The lowest BCUT2D eigenvalue weighted by Gasteiger charge is -2.36. The van der Waals surface area contributed by atoms with E-state index in [9.17, 15) is 0 Å². The molecule has 2 rings (SSSR count). The van der Waals surface area contributed by atoms with Gasteiger partial charge in [-0.25, -0.2) is 0 Å². The van der Waals surface area contributed by atoms with Gasteiger partial charge in [0.25, 0.3) is 0 Å². The summed E-state index contributed by atoms with van der Waals surface area (Å²) in [6, 6.07) is 9.19. The van der Waals surface area contributed by atoms with Crippen LogP contribution in [0.25, 0.3) is 0 Å². The molecule has 1 aliphatic rings. The van der Waals surface area contributed by atoms with Crippen LogP contribution in [0.15, 0.2) is 24.3 Å². The van der Waals surface area contributed by atoms with Crippen molar-refractivity contribution in [2.75, 3.05) is 25.4 Å². The molecule has 1 aromatic carbocycles. The Kier molecular flexibility index (Phi) is 4.48. The zero-order valence-electron chi connectivity index (χ0n) is 10.7. The van der Waals surface area contributed by atoms with Gasteiger partial charge in [-0.05, 0) is 12.5 Å². The number of hydrogen-bond acceptors (Lipinski definition) is 3. The van der Waals surface area contributed by atoms with E-state index in [-0.39, 0.29) is 0 Å². The molecule has 2 N–H and O–H groups in total. The molecule has 3 heteroatoms. The van der Waals surface area contributed by atoms with Gasteiger partial charge in [-0.3, -0.25) is 4.90 Å². The number of thioether (sulfide) groups is 1. The van der Waals surface area contributed by atoms with Gasteiger partial charge in [0.1, 0.15) is 0 Å². The molecule has 1 fully saturated rings. The topological polar surface area (TPSA) is 29.3 Å². The number of hydrogen-bond donors (Lipinski definition) is 1. The van der Waals surface area contributed by atoms with Crippen LogP contribution >= 0.6 is 11.8 Å². The molecule has 1 heterocycles. The minimum absolute atomic E-state index is 0.388. The molecular formula is C14H22N2S. The van der Waals surface area contributed by atoms with E-state index in [1.807, 2.05) is 0 Å². The van der Waals surface area contributed by atoms with Gasteiger partial charge in [-0.15, -0.1) is 0 Å². The summed E-state index contributed by atoms with van der Waals surface area (Å²) in [6.45, 7) is 7.45.